The maximum absolute atomic E-state index is 13.7. The number of aliphatic hydroxyl groups is 1. The van der Waals surface area contributed by atoms with Crippen LogP contribution >= 0.6 is 11.3 Å². The summed E-state index contributed by atoms with van der Waals surface area (Å²) in [6, 6.07) is 9.98. The van der Waals surface area contributed by atoms with Crippen molar-refractivity contribution in [1.29, 1.82) is 0 Å². The number of aromatic nitrogens is 2. The molecule has 0 saturated heterocycles. The standard InChI is InChI=1S/C18H12F4N4OS/c19-12-6-4-11(5-7-12)14-9-17(27,18(20,21)22)26(25-14)16-24-15(10-28-16)13-3-1-2-8-23-13/h1-8,10,27H,9H2/t17-/m0/s1. The van der Waals surface area contributed by atoms with Gasteiger partial charge in [-0.1, -0.05) is 18.2 Å². The van der Waals surface area contributed by atoms with Crippen LogP contribution in [0.5, 0.6) is 0 Å². The van der Waals surface area contributed by atoms with Gasteiger partial charge in [-0.3, -0.25) is 4.98 Å². The van der Waals surface area contributed by atoms with Crippen LogP contribution in [-0.4, -0.2) is 32.7 Å². The second-order valence-electron chi connectivity index (χ2n) is 6.09. The molecule has 3 aromatic rings. The van der Waals surface area contributed by atoms with Crippen molar-refractivity contribution in [2.45, 2.75) is 18.3 Å². The SMILES string of the molecule is O[C@]1(C(F)(F)F)CC(c2ccc(F)cc2)=NN1c1nc(-c2ccccn2)cs1. The number of anilines is 1. The first-order valence-corrected chi connectivity index (χ1v) is 8.95. The molecule has 0 amide bonds. The normalized spacial score (nSPS) is 19.8. The highest BCUT2D eigenvalue weighted by Gasteiger charge is 2.62. The van der Waals surface area contributed by atoms with Crippen LogP contribution in [0.2, 0.25) is 0 Å². The highest BCUT2D eigenvalue weighted by atomic mass is 32.1. The van der Waals surface area contributed by atoms with E-state index in [4.69, 9.17) is 0 Å². The molecule has 1 atom stereocenters. The van der Waals surface area contributed by atoms with Crippen molar-refractivity contribution in [2.24, 2.45) is 5.10 Å². The molecule has 144 valence electrons. The lowest BCUT2D eigenvalue weighted by atomic mass is 10.0. The number of hydrogen-bond acceptors (Lipinski definition) is 6. The van der Waals surface area contributed by atoms with Crippen molar-refractivity contribution in [3.05, 3.63) is 65.4 Å². The van der Waals surface area contributed by atoms with Crippen molar-refractivity contribution in [3.63, 3.8) is 0 Å². The molecular weight excluding hydrogens is 396 g/mol. The molecule has 4 rings (SSSR count). The first-order valence-electron chi connectivity index (χ1n) is 8.08. The Morgan fingerprint density at radius 1 is 1.07 bits per heavy atom. The van der Waals surface area contributed by atoms with Crippen LogP contribution in [-0.2, 0) is 0 Å². The van der Waals surface area contributed by atoms with E-state index in [1.165, 1.54) is 12.1 Å². The zero-order valence-corrected chi connectivity index (χ0v) is 14.9. The maximum atomic E-state index is 13.7. The van der Waals surface area contributed by atoms with Crippen molar-refractivity contribution in [2.75, 3.05) is 5.01 Å². The molecule has 1 N–H and O–H groups in total. The molecule has 1 aliphatic rings. The number of hydrogen-bond donors (Lipinski definition) is 1. The number of rotatable bonds is 3. The summed E-state index contributed by atoms with van der Waals surface area (Å²) >= 11 is 0.907. The molecule has 1 aliphatic heterocycles. The summed E-state index contributed by atoms with van der Waals surface area (Å²) in [6.07, 6.45) is -4.25. The third kappa shape index (κ3) is 3.14. The minimum atomic E-state index is -4.99. The first kappa shape index (κ1) is 18.5. The number of alkyl halides is 3. The molecule has 28 heavy (non-hydrogen) atoms. The van der Waals surface area contributed by atoms with E-state index in [0.717, 1.165) is 23.5 Å². The van der Waals surface area contributed by atoms with Gasteiger partial charge in [-0.2, -0.15) is 23.3 Å². The number of thiazole rings is 1. The number of hydrazone groups is 1. The topological polar surface area (TPSA) is 61.6 Å². The lowest BCUT2D eigenvalue weighted by Crippen LogP contribution is -2.55. The predicted octanol–water partition coefficient (Wildman–Crippen LogP) is 4.21. The van der Waals surface area contributed by atoms with Gasteiger partial charge in [0.2, 0.25) is 5.13 Å². The summed E-state index contributed by atoms with van der Waals surface area (Å²) in [5.41, 5.74) is -2.13. The molecular formula is C18H12F4N4OS. The van der Waals surface area contributed by atoms with Gasteiger partial charge in [-0.05, 0) is 29.8 Å². The Morgan fingerprint density at radius 2 is 1.82 bits per heavy atom. The highest BCUT2D eigenvalue weighted by molar-refractivity contribution is 7.14. The number of nitrogens with zero attached hydrogens (tertiary/aromatic N) is 4. The zero-order chi connectivity index (χ0) is 19.9. The van der Waals surface area contributed by atoms with Gasteiger partial charge in [0.1, 0.15) is 11.5 Å². The fraction of sp³-hybridized carbons (Fsp3) is 0.167. The third-order valence-corrected chi connectivity index (χ3v) is 5.03. The van der Waals surface area contributed by atoms with Gasteiger partial charge in [0.05, 0.1) is 17.8 Å². The first-order chi connectivity index (χ1) is 13.3. The van der Waals surface area contributed by atoms with Crippen LogP contribution in [0.25, 0.3) is 11.4 Å². The monoisotopic (exact) mass is 408 g/mol. The van der Waals surface area contributed by atoms with Crippen molar-refractivity contribution < 1.29 is 22.7 Å². The average molecular weight is 408 g/mol. The fourth-order valence-electron chi connectivity index (χ4n) is 2.76. The van der Waals surface area contributed by atoms with Crippen LogP contribution in [0.1, 0.15) is 12.0 Å². The van der Waals surface area contributed by atoms with Crippen LogP contribution < -0.4 is 5.01 Å². The molecule has 10 heteroatoms. The average Bonchev–Trinajstić information content (AvgIpc) is 3.28. The van der Waals surface area contributed by atoms with Crippen LogP contribution in [0, 0.1) is 5.82 Å². The highest BCUT2D eigenvalue weighted by Crippen LogP contribution is 2.44. The Labute approximate surface area is 160 Å². The number of benzene rings is 1. The fourth-order valence-corrected chi connectivity index (χ4v) is 3.60. The van der Waals surface area contributed by atoms with E-state index in [0.29, 0.717) is 16.4 Å². The Hall–Kier alpha value is -2.85. The van der Waals surface area contributed by atoms with Gasteiger partial charge in [-0.25, -0.2) is 9.37 Å². The molecule has 0 spiro atoms. The summed E-state index contributed by atoms with van der Waals surface area (Å²) < 4.78 is 54.2. The molecule has 0 radical (unpaired) electrons. The van der Waals surface area contributed by atoms with E-state index in [9.17, 15) is 22.7 Å². The van der Waals surface area contributed by atoms with E-state index < -0.39 is 24.1 Å². The van der Waals surface area contributed by atoms with Crippen LogP contribution in [0.3, 0.4) is 0 Å². The van der Waals surface area contributed by atoms with Gasteiger partial charge in [0, 0.05) is 11.6 Å². The van der Waals surface area contributed by atoms with Gasteiger partial charge in [0.25, 0.3) is 5.72 Å². The molecule has 3 heterocycles. The maximum Gasteiger partial charge on any atom is 0.438 e. The molecule has 0 unspecified atom stereocenters. The number of pyridine rings is 1. The van der Waals surface area contributed by atoms with E-state index in [1.54, 1.807) is 29.8 Å². The molecule has 1 aromatic carbocycles. The Kier molecular flexibility index (Phi) is 4.39. The summed E-state index contributed by atoms with van der Waals surface area (Å²) in [4.78, 5) is 8.28. The quantitative estimate of drug-likeness (QED) is 0.660. The van der Waals surface area contributed by atoms with Gasteiger partial charge >= 0.3 is 6.18 Å². The second kappa shape index (κ2) is 6.64. The van der Waals surface area contributed by atoms with Gasteiger partial charge in [0.15, 0.2) is 0 Å². The summed E-state index contributed by atoms with van der Waals surface area (Å²) in [7, 11) is 0. The van der Waals surface area contributed by atoms with E-state index in [-0.39, 0.29) is 16.4 Å². The molecule has 0 bridgehead atoms. The third-order valence-electron chi connectivity index (χ3n) is 4.22. The Balaban J connectivity index is 1.75. The molecule has 0 aliphatic carbocycles. The van der Waals surface area contributed by atoms with Crippen LogP contribution in [0.15, 0.2) is 59.1 Å². The number of halogens is 4. The molecule has 0 fully saturated rings. The molecule has 2 aromatic heterocycles. The minimum absolute atomic E-state index is 0.0191. The Morgan fingerprint density at radius 3 is 2.46 bits per heavy atom. The van der Waals surface area contributed by atoms with E-state index in [2.05, 4.69) is 15.1 Å². The largest absolute Gasteiger partial charge is 0.438 e. The predicted molar refractivity (Wildman–Crippen MR) is 96.4 cm³/mol. The van der Waals surface area contributed by atoms with Crippen LogP contribution in [0.4, 0.5) is 22.7 Å². The minimum Gasteiger partial charge on any atom is -0.362 e. The molecule has 0 saturated carbocycles. The lowest BCUT2D eigenvalue weighted by molar-refractivity contribution is -0.254. The van der Waals surface area contributed by atoms with E-state index in [1.807, 2.05) is 0 Å². The van der Waals surface area contributed by atoms with Gasteiger partial charge < -0.3 is 5.11 Å². The lowest BCUT2D eigenvalue weighted by Gasteiger charge is -2.32. The summed E-state index contributed by atoms with van der Waals surface area (Å²) in [5.74, 6) is -0.523. The Bertz CT molecular complexity index is 1020. The van der Waals surface area contributed by atoms with Crippen molar-refractivity contribution in [1.82, 2.24) is 9.97 Å². The van der Waals surface area contributed by atoms with E-state index >= 15 is 0 Å². The van der Waals surface area contributed by atoms with Gasteiger partial charge in [-0.15, -0.1) is 11.3 Å². The van der Waals surface area contributed by atoms with Crippen molar-refractivity contribution in [3.8, 4) is 11.4 Å². The molecule has 5 nitrogen and oxygen atoms in total. The second-order valence-corrected chi connectivity index (χ2v) is 6.92. The smallest absolute Gasteiger partial charge is 0.362 e. The zero-order valence-electron chi connectivity index (χ0n) is 14.1. The summed E-state index contributed by atoms with van der Waals surface area (Å²) in [5, 5.41) is 16.3. The summed E-state index contributed by atoms with van der Waals surface area (Å²) in [6.45, 7) is 0. The van der Waals surface area contributed by atoms with Crippen molar-refractivity contribution >= 4 is 22.2 Å².